The zero-order valence-corrected chi connectivity index (χ0v) is 28.1. The number of likely N-dealkylation sites (N-methyl/N-ethyl adjacent to an activating group) is 1. The number of hydrogen-bond acceptors (Lipinski definition) is 13. The van der Waals surface area contributed by atoms with E-state index in [1.807, 2.05) is 14.1 Å². The normalized spacial score (nSPS) is 18.1. The van der Waals surface area contributed by atoms with E-state index in [4.69, 9.17) is 25.8 Å². The molecule has 0 bridgehead atoms. The second-order valence-electron chi connectivity index (χ2n) is 11.9. The Morgan fingerprint density at radius 1 is 1.12 bits per heavy atom. The minimum Gasteiger partial charge on any atom is -0.494 e. The summed E-state index contributed by atoms with van der Waals surface area (Å²) >= 11 is 6.04. The summed E-state index contributed by atoms with van der Waals surface area (Å²) in [6, 6.07) is 7.70. The highest BCUT2D eigenvalue weighted by atomic mass is 35.5. The highest BCUT2D eigenvalue weighted by molar-refractivity contribution is 6.31. The van der Waals surface area contributed by atoms with Gasteiger partial charge in [-0.1, -0.05) is 11.6 Å². The van der Waals surface area contributed by atoms with Crippen molar-refractivity contribution in [2.45, 2.75) is 31.9 Å². The molecule has 2 aliphatic heterocycles. The number of carbonyl (C=O) groups is 3. The van der Waals surface area contributed by atoms with Crippen LogP contribution in [0.2, 0.25) is 5.02 Å². The molecule has 16 heteroatoms. The third-order valence-electron chi connectivity index (χ3n) is 7.76. The van der Waals surface area contributed by atoms with Crippen LogP contribution in [-0.2, 0) is 29.5 Å². The molecule has 3 heterocycles. The van der Waals surface area contributed by atoms with Crippen LogP contribution < -0.4 is 25.6 Å². The zero-order chi connectivity index (χ0) is 35.5. The lowest BCUT2D eigenvalue weighted by atomic mass is 9.96. The SMILES string of the molecule is COc1cc(N2CCC(N(C)C)C2)c(NC(=O)/C2=C/OC(=O)/C=C\C(=O)O2)cc1Nc1nccc(Nc2cc(Cl)c(F)cc2C(C)(C)O)n1. The van der Waals surface area contributed by atoms with Gasteiger partial charge in [0.25, 0.3) is 5.91 Å². The average Bonchev–Trinajstić information content (AvgIpc) is 3.53. The predicted octanol–water partition coefficient (Wildman–Crippen LogP) is 4.57. The van der Waals surface area contributed by atoms with Crippen molar-refractivity contribution in [1.29, 1.82) is 0 Å². The van der Waals surface area contributed by atoms with Crippen LogP contribution in [0.1, 0.15) is 25.8 Å². The van der Waals surface area contributed by atoms with Gasteiger partial charge in [-0.05, 0) is 58.6 Å². The van der Waals surface area contributed by atoms with E-state index < -0.39 is 35.0 Å². The van der Waals surface area contributed by atoms with Crippen molar-refractivity contribution in [2.24, 2.45) is 0 Å². The second-order valence-corrected chi connectivity index (χ2v) is 12.3. The Morgan fingerprint density at radius 3 is 2.57 bits per heavy atom. The lowest BCUT2D eigenvalue weighted by Gasteiger charge is -2.26. The molecule has 5 rings (SSSR count). The van der Waals surface area contributed by atoms with Gasteiger partial charge in [0.05, 0.1) is 34.8 Å². The molecule has 2 aliphatic rings. The molecule has 3 aromatic rings. The quantitative estimate of drug-likeness (QED) is 0.218. The van der Waals surface area contributed by atoms with E-state index in [-0.39, 0.29) is 22.6 Å². The van der Waals surface area contributed by atoms with Gasteiger partial charge in [-0.2, -0.15) is 4.98 Å². The number of methoxy groups -OCH3 is 1. The molecule has 0 radical (unpaired) electrons. The van der Waals surface area contributed by atoms with Gasteiger partial charge in [-0.3, -0.25) is 4.79 Å². The fraction of sp³-hybridized carbons (Fsp3) is 0.303. The van der Waals surface area contributed by atoms with Crippen LogP contribution in [0.15, 0.2) is 60.7 Å². The molecule has 49 heavy (non-hydrogen) atoms. The largest absolute Gasteiger partial charge is 0.494 e. The summed E-state index contributed by atoms with van der Waals surface area (Å²) in [5.74, 6) is -3.01. The Labute approximate surface area is 286 Å². The summed E-state index contributed by atoms with van der Waals surface area (Å²) in [6.45, 7) is 4.37. The van der Waals surface area contributed by atoms with E-state index in [2.05, 4.69) is 35.7 Å². The van der Waals surface area contributed by atoms with Gasteiger partial charge in [0.15, 0.2) is 0 Å². The van der Waals surface area contributed by atoms with Crippen molar-refractivity contribution >= 4 is 64.0 Å². The number of aromatic nitrogens is 2. The van der Waals surface area contributed by atoms with Gasteiger partial charge in [-0.25, -0.2) is 19.0 Å². The monoisotopic (exact) mass is 695 g/mol. The predicted molar refractivity (Wildman–Crippen MR) is 181 cm³/mol. The third kappa shape index (κ3) is 8.43. The standard InChI is InChI=1S/C33H35ClFN7O7/c1-33(2,46)19-12-21(35)20(34)13-22(19)37-28-8-10-36-32(40-28)39-24-14-23(38-31(45)27-17-48-29(43)6-7-30(44)49-27)25(15-26(24)47-5)42-11-9-18(16-42)41(3)4/h6-8,10,12-15,17-18,46H,9,11,16H2,1-5H3,(H,38,45)(H2,36,37,39,40)/b7-6-,27-17-. The fourth-order valence-electron chi connectivity index (χ4n) is 5.22. The maximum absolute atomic E-state index is 14.3. The number of carbonyl (C=O) groups excluding carboxylic acids is 3. The molecule has 1 unspecified atom stereocenters. The minimum absolute atomic E-state index is 0.121. The Morgan fingerprint density at radius 2 is 1.88 bits per heavy atom. The Bertz CT molecular complexity index is 1840. The molecular formula is C33H35ClFN7O7. The maximum atomic E-state index is 14.3. The van der Waals surface area contributed by atoms with Crippen LogP contribution >= 0.6 is 11.6 Å². The number of aliphatic hydroxyl groups is 1. The molecule has 1 fully saturated rings. The molecule has 1 atom stereocenters. The maximum Gasteiger partial charge on any atom is 0.336 e. The number of amides is 1. The summed E-state index contributed by atoms with van der Waals surface area (Å²) in [5.41, 5.74) is 0.499. The van der Waals surface area contributed by atoms with E-state index in [0.717, 1.165) is 30.9 Å². The number of benzene rings is 2. The van der Waals surface area contributed by atoms with Crippen LogP contribution in [0.4, 0.5) is 38.9 Å². The van der Waals surface area contributed by atoms with Crippen molar-refractivity contribution in [3.8, 4) is 5.75 Å². The van der Waals surface area contributed by atoms with E-state index in [1.54, 1.807) is 18.2 Å². The van der Waals surface area contributed by atoms with E-state index >= 15 is 0 Å². The molecule has 0 spiro atoms. The lowest BCUT2D eigenvalue weighted by molar-refractivity contribution is -0.140. The number of ether oxygens (including phenoxy) is 3. The number of nitrogens with one attached hydrogen (secondary N) is 3. The van der Waals surface area contributed by atoms with E-state index in [1.165, 1.54) is 33.2 Å². The molecule has 1 amide bonds. The first kappa shape index (κ1) is 35.1. The van der Waals surface area contributed by atoms with E-state index in [9.17, 15) is 23.9 Å². The topological polar surface area (TPSA) is 167 Å². The van der Waals surface area contributed by atoms with Gasteiger partial charge in [0.2, 0.25) is 11.7 Å². The number of cyclic esters (lactones) is 2. The molecule has 0 aliphatic carbocycles. The van der Waals surface area contributed by atoms with Crippen LogP contribution in [0, 0.1) is 5.82 Å². The number of nitrogens with zero attached hydrogens (tertiary/aromatic N) is 4. The Kier molecular flexibility index (Phi) is 10.4. The first-order valence-corrected chi connectivity index (χ1v) is 15.4. The molecule has 14 nitrogen and oxygen atoms in total. The molecule has 2 aromatic carbocycles. The van der Waals surface area contributed by atoms with Crippen molar-refractivity contribution in [2.75, 3.05) is 55.1 Å². The van der Waals surface area contributed by atoms with Crippen molar-refractivity contribution in [3.05, 3.63) is 77.1 Å². The second kappa shape index (κ2) is 14.5. The minimum atomic E-state index is -1.40. The van der Waals surface area contributed by atoms with Crippen LogP contribution in [0.25, 0.3) is 0 Å². The molecular weight excluding hydrogens is 661 g/mol. The fourth-order valence-corrected chi connectivity index (χ4v) is 5.38. The Hall–Kier alpha value is -5.25. The van der Waals surface area contributed by atoms with Gasteiger partial charge in [-0.15, -0.1) is 0 Å². The highest BCUT2D eigenvalue weighted by Gasteiger charge is 2.29. The highest BCUT2D eigenvalue weighted by Crippen LogP contribution is 2.40. The number of anilines is 6. The molecule has 1 saturated heterocycles. The van der Waals surface area contributed by atoms with Gasteiger partial charge in [0.1, 0.15) is 23.6 Å². The smallest absolute Gasteiger partial charge is 0.336 e. The lowest BCUT2D eigenvalue weighted by Crippen LogP contribution is -2.32. The van der Waals surface area contributed by atoms with Crippen LogP contribution in [0.3, 0.4) is 0 Å². The number of esters is 2. The number of halogens is 2. The molecule has 4 N–H and O–H groups in total. The van der Waals surface area contributed by atoms with Crippen LogP contribution in [0.5, 0.6) is 5.75 Å². The first-order chi connectivity index (χ1) is 23.2. The summed E-state index contributed by atoms with van der Waals surface area (Å²) in [6.07, 6.45) is 4.86. The molecule has 1 aromatic heterocycles. The third-order valence-corrected chi connectivity index (χ3v) is 8.05. The number of hydrogen-bond donors (Lipinski definition) is 4. The first-order valence-electron chi connectivity index (χ1n) is 15.1. The van der Waals surface area contributed by atoms with Crippen molar-refractivity contribution in [1.82, 2.24) is 14.9 Å². The summed E-state index contributed by atoms with van der Waals surface area (Å²) in [7, 11) is 5.48. The van der Waals surface area contributed by atoms with Gasteiger partial charge in [0, 0.05) is 54.8 Å². The number of rotatable bonds is 10. The zero-order valence-electron chi connectivity index (χ0n) is 27.3. The molecule has 258 valence electrons. The van der Waals surface area contributed by atoms with E-state index in [0.29, 0.717) is 47.4 Å². The van der Waals surface area contributed by atoms with Gasteiger partial charge < -0.3 is 45.1 Å². The Balaban J connectivity index is 1.48. The van der Waals surface area contributed by atoms with Crippen molar-refractivity contribution in [3.63, 3.8) is 0 Å². The van der Waals surface area contributed by atoms with Crippen LogP contribution in [-0.4, -0.2) is 78.2 Å². The molecule has 0 saturated carbocycles. The summed E-state index contributed by atoms with van der Waals surface area (Å²) < 4.78 is 29.9. The summed E-state index contributed by atoms with van der Waals surface area (Å²) in [4.78, 5) is 50.2. The summed E-state index contributed by atoms with van der Waals surface area (Å²) in [5, 5.41) is 19.4. The van der Waals surface area contributed by atoms with Crippen molar-refractivity contribution < 1.29 is 38.1 Å². The average molecular weight is 696 g/mol. The van der Waals surface area contributed by atoms with Gasteiger partial charge >= 0.3 is 11.9 Å².